The predicted octanol–water partition coefficient (Wildman–Crippen LogP) is 5.15. The van der Waals surface area contributed by atoms with Gasteiger partial charge in [0.25, 0.3) is 5.91 Å². The third-order valence-electron chi connectivity index (χ3n) is 3.94. The maximum absolute atomic E-state index is 13.4. The first-order valence-electron chi connectivity index (χ1n) is 7.79. The zero-order valence-corrected chi connectivity index (χ0v) is 13.9. The van der Waals surface area contributed by atoms with Crippen LogP contribution in [-0.2, 0) is 0 Å². The lowest BCUT2D eigenvalue weighted by molar-refractivity contribution is 0.0943. The van der Waals surface area contributed by atoms with Crippen LogP contribution in [0.1, 0.15) is 27.0 Å². The van der Waals surface area contributed by atoms with E-state index in [9.17, 15) is 9.18 Å². The van der Waals surface area contributed by atoms with Gasteiger partial charge in [-0.25, -0.2) is 4.39 Å². The molecule has 3 nitrogen and oxygen atoms in total. The van der Waals surface area contributed by atoms with Crippen LogP contribution in [0.2, 0.25) is 0 Å². The molecule has 0 saturated heterocycles. The molecule has 4 aromatic rings. The summed E-state index contributed by atoms with van der Waals surface area (Å²) in [5.74, 6) is 0.133. The summed E-state index contributed by atoms with van der Waals surface area (Å²) in [6.45, 7) is 0. The Hall–Kier alpha value is -2.92. The summed E-state index contributed by atoms with van der Waals surface area (Å²) in [5.41, 5.74) is 0.929. The number of thiophene rings is 1. The van der Waals surface area contributed by atoms with Gasteiger partial charge in [-0.2, -0.15) is 0 Å². The Kier molecular flexibility index (Phi) is 4.07. The lowest BCUT2D eigenvalue weighted by Gasteiger charge is -2.16. The largest absolute Gasteiger partial charge is 0.467 e. The number of hydrogen-bond donors (Lipinski definition) is 1. The molecular weight excluding hydrogens is 337 g/mol. The number of halogens is 1. The van der Waals surface area contributed by atoms with Crippen LogP contribution in [0.25, 0.3) is 10.1 Å². The average molecular weight is 351 g/mol. The highest BCUT2D eigenvalue weighted by molar-refractivity contribution is 7.20. The molecule has 4 rings (SSSR count). The van der Waals surface area contributed by atoms with Crippen LogP contribution in [-0.4, -0.2) is 5.91 Å². The monoisotopic (exact) mass is 351 g/mol. The van der Waals surface area contributed by atoms with Gasteiger partial charge in [0.1, 0.15) is 17.6 Å². The number of nitrogens with one attached hydrogen (secondary N) is 1. The first-order valence-corrected chi connectivity index (χ1v) is 8.61. The molecule has 1 unspecified atom stereocenters. The molecule has 2 heterocycles. The second kappa shape index (κ2) is 6.53. The number of fused-ring (bicyclic) bond motifs is 1. The van der Waals surface area contributed by atoms with Crippen LogP contribution in [0.3, 0.4) is 0 Å². The van der Waals surface area contributed by atoms with Crippen molar-refractivity contribution < 1.29 is 13.6 Å². The first kappa shape index (κ1) is 15.6. The summed E-state index contributed by atoms with van der Waals surface area (Å²) < 4.78 is 19.7. The fraction of sp³-hybridized carbons (Fsp3) is 0.0500. The fourth-order valence-electron chi connectivity index (χ4n) is 2.75. The minimum atomic E-state index is -0.384. The highest BCUT2D eigenvalue weighted by atomic mass is 32.1. The van der Waals surface area contributed by atoms with Gasteiger partial charge in [0.15, 0.2) is 0 Å². The molecule has 0 saturated carbocycles. The van der Waals surface area contributed by atoms with Gasteiger partial charge in [-0.15, -0.1) is 11.3 Å². The number of rotatable bonds is 4. The van der Waals surface area contributed by atoms with Crippen molar-refractivity contribution in [1.82, 2.24) is 5.32 Å². The van der Waals surface area contributed by atoms with E-state index in [2.05, 4.69) is 5.32 Å². The van der Waals surface area contributed by atoms with E-state index in [1.54, 1.807) is 24.5 Å². The maximum atomic E-state index is 13.4. The van der Waals surface area contributed by atoms with Gasteiger partial charge in [0.05, 0.1) is 11.1 Å². The number of hydrogen-bond acceptors (Lipinski definition) is 3. The maximum Gasteiger partial charge on any atom is 0.262 e. The minimum absolute atomic E-state index is 0.216. The summed E-state index contributed by atoms with van der Waals surface area (Å²) in [4.78, 5) is 13.3. The molecule has 5 heteroatoms. The van der Waals surface area contributed by atoms with E-state index >= 15 is 0 Å². The Morgan fingerprint density at radius 3 is 2.64 bits per heavy atom. The smallest absolute Gasteiger partial charge is 0.262 e. The molecule has 0 aliphatic heterocycles. The van der Waals surface area contributed by atoms with Crippen molar-refractivity contribution in [1.29, 1.82) is 0 Å². The second-order valence-electron chi connectivity index (χ2n) is 5.63. The lowest BCUT2D eigenvalue weighted by Crippen LogP contribution is -2.28. The van der Waals surface area contributed by atoms with Crippen LogP contribution in [0.15, 0.2) is 77.4 Å². The van der Waals surface area contributed by atoms with E-state index < -0.39 is 0 Å². The zero-order valence-electron chi connectivity index (χ0n) is 13.1. The molecular formula is C20H14FNO2S. The van der Waals surface area contributed by atoms with Crippen molar-refractivity contribution >= 4 is 27.3 Å². The van der Waals surface area contributed by atoms with Crippen LogP contribution in [0.5, 0.6) is 0 Å². The van der Waals surface area contributed by atoms with Gasteiger partial charge in [-0.1, -0.05) is 30.3 Å². The summed E-state index contributed by atoms with van der Waals surface area (Å²) in [7, 11) is 0. The molecule has 25 heavy (non-hydrogen) atoms. The molecule has 0 fully saturated rings. The van der Waals surface area contributed by atoms with Crippen LogP contribution in [0.4, 0.5) is 4.39 Å². The number of carbonyl (C=O) groups is 1. The van der Waals surface area contributed by atoms with E-state index in [1.807, 2.05) is 36.4 Å². The third kappa shape index (κ3) is 3.19. The summed E-state index contributed by atoms with van der Waals surface area (Å²) in [6.07, 6.45) is 1.58. The van der Waals surface area contributed by atoms with Crippen molar-refractivity contribution in [2.45, 2.75) is 6.04 Å². The third-order valence-corrected chi connectivity index (χ3v) is 5.05. The zero-order chi connectivity index (χ0) is 17.2. The lowest BCUT2D eigenvalue weighted by atomic mass is 10.0. The van der Waals surface area contributed by atoms with Gasteiger partial charge in [-0.05, 0) is 47.3 Å². The number of carbonyl (C=O) groups excluding carboxylic acids is 1. The van der Waals surface area contributed by atoms with Crippen molar-refractivity contribution in [3.8, 4) is 0 Å². The van der Waals surface area contributed by atoms with Crippen molar-refractivity contribution in [3.63, 3.8) is 0 Å². The highest BCUT2D eigenvalue weighted by Gasteiger charge is 2.21. The van der Waals surface area contributed by atoms with Crippen molar-refractivity contribution in [2.75, 3.05) is 0 Å². The number of benzene rings is 2. The molecule has 2 aromatic carbocycles. The molecule has 0 bridgehead atoms. The quantitative estimate of drug-likeness (QED) is 0.552. The Labute approximate surface area is 147 Å². The van der Waals surface area contributed by atoms with E-state index in [0.717, 1.165) is 15.6 Å². The van der Waals surface area contributed by atoms with Crippen molar-refractivity contribution in [2.24, 2.45) is 0 Å². The van der Waals surface area contributed by atoms with E-state index in [-0.39, 0.29) is 17.8 Å². The summed E-state index contributed by atoms with van der Waals surface area (Å²) in [6, 6.07) is 19.1. The Balaban J connectivity index is 1.66. The molecule has 1 N–H and O–H groups in total. The standard InChI is InChI=1S/C20H14FNO2S/c21-15-8-9-17-14(11-15)12-18(25-17)20(23)22-19(16-7-4-10-24-16)13-5-2-1-3-6-13/h1-12,19H,(H,22,23). The fourth-order valence-corrected chi connectivity index (χ4v) is 3.69. The molecule has 0 aliphatic rings. The van der Waals surface area contributed by atoms with Crippen LogP contribution in [0, 0.1) is 5.82 Å². The van der Waals surface area contributed by atoms with Gasteiger partial charge >= 0.3 is 0 Å². The highest BCUT2D eigenvalue weighted by Crippen LogP contribution is 2.28. The van der Waals surface area contributed by atoms with Gasteiger partial charge in [0, 0.05) is 4.70 Å². The number of furan rings is 1. The molecule has 0 radical (unpaired) electrons. The Morgan fingerprint density at radius 2 is 1.88 bits per heavy atom. The predicted molar refractivity (Wildman–Crippen MR) is 96.2 cm³/mol. The van der Waals surface area contributed by atoms with E-state index in [1.165, 1.54) is 23.5 Å². The van der Waals surface area contributed by atoms with Gasteiger partial charge in [-0.3, -0.25) is 4.79 Å². The molecule has 1 amide bonds. The Morgan fingerprint density at radius 1 is 1.04 bits per heavy atom. The summed E-state index contributed by atoms with van der Waals surface area (Å²) >= 11 is 1.34. The van der Waals surface area contributed by atoms with E-state index in [0.29, 0.717) is 10.6 Å². The Bertz CT molecular complexity index is 1010. The minimum Gasteiger partial charge on any atom is -0.467 e. The van der Waals surface area contributed by atoms with Crippen molar-refractivity contribution in [3.05, 3.63) is 95.0 Å². The number of amides is 1. The van der Waals surface area contributed by atoms with Crippen LogP contribution < -0.4 is 5.32 Å². The topological polar surface area (TPSA) is 42.2 Å². The summed E-state index contributed by atoms with van der Waals surface area (Å²) in [5, 5.41) is 3.74. The van der Waals surface area contributed by atoms with Gasteiger partial charge < -0.3 is 9.73 Å². The second-order valence-corrected chi connectivity index (χ2v) is 6.71. The molecule has 1 atom stereocenters. The molecule has 0 aliphatic carbocycles. The molecule has 0 spiro atoms. The average Bonchev–Trinajstić information content (AvgIpc) is 3.29. The van der Waals surface area contributed by atoms with Gasteiger partial charge in [0.2, 0.25) is 0 Å². The van der Waals surface area contributed by atoms with Crippen LogP contribution >= 0.6 is 11.3 Å². The van der Waals surface area contributed by atoms with E-state index in [4.69, 9.17) is 4.42 Å². The molecule has 2 aromatic heterocycles. The molecule has 124 valence electrons. The normalized spacial score (nSPS) is 12.2. The first-order chi connectivity index (χ1) is 12.2. The SMILES string of the molecule is O=C(NC(c1ccccc1)c1ccco1)c1cc2cc(F)ccc2s1.